The third-order valence-corrected chi connectivity index (χ3v) is 2.84. The van der Waals surface area contributed by atoms with Gasteiger partial charge in [0.1, 0.15) is 0 Å². The predicted molar refractivity (Wildman–Crippen MR) is 75.8 cm³/mol. The van der Waals surface area contributed by atoms with Gasteiger partial charge in [0.25, 0.3) is 0 Å². The first-order chi connectivity index (χ1) is 8.44. The van der Waals surface area contributed by atoms with E-state index in [-0.39, 0.29) is 11.7 Å². The van der Waals surface area contributed by atoms with Crippen LogP contribution in [0, 0.1) is 0 Å². The van der Waals surface area contributed by atoms with E-state index >= 15 is 0 Å². The van der Waals surface area contributed by atoms with Gasteiger partial charge in [0, 0.05) is 13.0 Å². The fourth-order valence-electron chi connectivity index (χ4n) is 2.03. The maximum Gasteiger partial charge on any atom is 0.0723 e. The zero-order valence-electron chi connectivity index (χ0n) is 12.3. The average Bonchev–Trinajstić information content (AvgIpc) is 2.27. The Hall–Kier alpha value is -0.860. The summed E-state index contributed by atoms with van der Waals surface area (Å²) in [6.45, 7) is 11.9. The summed E-state index contributed by atoms with van der Waals surface area (Å²) in [5.41, 5.74) is 2.46. The molecule has 102 valence electrons. The molecule has 0 saturated heterocycles. The van der Waals surface area contributed by atoms with E-state index in [4.69, 9.17) is 9.47 Å². The van der Waals surface area contributed by atoms with Crippen molar-refractivity contribution < 1.29 is 9.47 Å². The van der Waals surface area contributed by atoms with Crippen LogP contribution in [-0.4, -0.2) is 18.3 Å². The smallest absolute Gasteiger partial charge is 0.0723 e. The monoisotopic (exact) mass is 250 g/mol. The lowest BCUT2D eigenvalue weighted by molar-refractivity contribution is -0.00993. The Morgan fingerprint density at radius 2 is 1.72 bits per heavy atom. The van der Waals surface area contributed by atoms with Crippen molar-refractivity contribution in [1.82, 2.24) is 0 Å². The molecule has 0 heterocycles. The SMILES string of the molecule is CCOC(C)(C)Cc1ccccc1COC(C)C. The Morgan fingerprint density at radius 1 is 1.11 bits per heavy atom. The van der Waals surface area contributed by atoms with Gasteiger partial charge < -0.3 is 9.47 Å². The lowest BCUT2D eigenvalue weighted by Crippen LogP contribution is -2.28. The Labute approximate surface area is 111 Å². The van der Waals surface area contributed by atoms with E-state index in [1.807, 2.05) is 6.92 Å². The predicted octanol–water partition coefficient (Wildman–Crippen LogP) is 3.97. The number of hydrogen-bond acceptors (Lipinski definition) is 2. The van der Waals surface area contributed by atoms with Crippen molar-refractivity contribution >= 4 is 0 Å². The second-order valence-corrected chi connectivity index (χ2v) is 5.50. The van der Waals surface area contributed by atoms with Crippen LogP contribution < -0.4 is 0 Å². The summed E-state index contributed by atoms with van der Waals surface area (Å²) in [5, 5.41) is 0. The van der Waals surface area contributed by atoms with Crippen LogP contribution in [0.3, 0.4) is 0 Å². The van der Waals surface area contributed by atoms with Gasteiger partial charge in [-0.1, -0.05) is 24.3 Å². The third kappa shape index (κ3) is 5.19. The molecule has 1 aromatic carbocycles. The van der Waals surface area contributed by atoms with Crippen LogP contribution in [0.5, 0.6) is 0 Å². The summed E-state index contributed by atoms with van der Waals surface area (Å²) in [7, 11) is 0. The molecule has 0 aliphatic carbocycles. The number of benzene rings is 1. The fourth-order valence-corrected chi connectivity index (χ4v) is 2.03. The minimum absolute atomic E-state index is 0.122. The highest BCUT2D eigenvalue weighted by molar-refractivity contribution is 5.27. The molecule has 0 amide bonds. The molecular weight excluding hydrogens is 224 g/mol. The zero-order valence-corrected chi connectivity index (χ0v) is 12.3. The van der Waals surface area contributed by atoms with Gasteiger partial charge in [0.05, 0.1) is 18.3 Å². The summed E-state index contributed by atoms with van der Waals surface area (Å²) in [6.07, 6.45) is 1.18. The molecule has 0 aliphatic heterocycles. The molecule has 2 nitrogen and oxygen atoms in total. The molecular formula is C16H26O2. The Bertz CT molecular complexity index is 356. The number of rotatable bonds is 7. The fraction of sp³-hybridized carbons (Fsp3) is 0.625. The van der Waals surface area contributed by atoms with Gasteiger partial charge in [-0.2, -0.15) is 0 Å². The van der Waals surface area contributed by atoms with Gasteiger partial charge in [-0.15, -0.1) is 0 Å². The van der Waals surface area contributed by atoms with Gasteiger partial charge >= 0.3 is 0 Å². The largest absolute Gasteiger partial charge is 0.376 e. The molecule has 0 spiro atoms. The van der Waals surface area contributed by atoms with Gasteiger partial charge in [0.2, 0.25) is 0 Å². The van der Waals surface area contributed by atoms with Crippen LogP contribution in [0.1, 0.15) is 45.7 Å². The van der Waals surface area contributed by atoms with E-state index in [1.54, 1.807) is 0 Å². The van der Waals surface area contributed by atoms with E-state index in [2.05, 4.69) is 52.0 Å². The Morgan fingerprint density at radius 3 is 2.28 bits per heavy atom. The highest BCUT2D eigenvalue weighted by atomic mass is 16.5. The van der Waals surface area contributed by atoms with E-state index in [9.17, 15) is 0 Å². The van der Waals surface area contributed by atoms with Crippen molar-refractivity contribution in [1.29, 1.82) is 0 Å². The van der Waals surface area contributed by atoms with E-state index in [0.29, 0.717) is 6.61 Å². The van der Waals surface area contributed by atoms with Crippen molar-refractivity contribution in [3.05, 3.63) is 35.4 Å². The molecule has 0 atom stereocenters. The van der Waals surface area contributed by atoms with E-state index in [1.165, 1.54) is 11.1 Å². The summed E-state index contributed by atoms with van der Waals surface area (Å²) in [5.74, 6) is 0. The molecule has 0 fully saturated rings. The van der Waals surface area contributed by atoms with E-state index in [0.717, 1.165) is 13.0 Å². The summed E-state index contributed by atoms with van der Waals surface area (Å²) >= 11 is 0. The number of hydrogen-bond donors (Lipinski definition) is 0. The van der Waals surface area contributed by atoms with Crippen LogP contribution in [-0.2, 0) is 22.5 Å². The molecule has 2 heteroatoms. The second kappa shape index (κ2) is 6.91. The van der Waals surface area contributed by atoms with Crippen molar-refractivity contribution in [2.75, 3.05) is 6.61 Å². The second-order valence-electron chi connectivity index (χ2n) is 5.50. The highest BCUT2D eigenvalue weighted by Crippen LogP contribution is 2.20. The molecule has 0 aromatic heterocycles. The average molecular weight is 250 g/mol. The molecule has 0 radical (unpaired) electrons. The van der Waals surface area contributed by atoms with Crippen molar-refractivity contribution in [2.45, 2.75) is 59.4 Å². The third-order valence-electron chi connectivity index (χ3n) is 2.84. The maximum absolute atomic E-state index is 5.77. The van der Waals surface area contributed by atoms with E-state index < -0.39 is 0 Å². The molecule has 0 unspecified atom stereocenters. The molecule has 1 aromatic rings. The van der Waals surface area contributed by atoms with Crippen LogP contribution >= 0.6 is 0 Å². The molecule has 1 rings (SSSR count). The van der Waals surface area contributed by atoms with Crippen LogP contribution in [0.2, 0.25) is 0 Å². The molecule has 0 saturated carbocycles. The van der Waals surface area contributed by atoms with Gasteiger partial charge in [-0.3, -0.25) is 0 Å². The van der Waals surface area contributed by atoms with Crippen molar-refractivity contribution in [3.63, 3.8) is 0 Å². The summed E-state index contributed by atoms with van der Waals surface area (Å²) in [6, 6.07) is 8.45. The molecule has 18 heavy (non-hydrogen) atoms. The maximum atomic E-state index is 5.77. The minimum Gasteiger partial charge on any atom is -0.376 e. The molecule has 0 aliphatic rings. The lowest BCUT2D eigenvalue weighted by Gasteiger charge is -2.26. The van der Waals surface area contributed by atoms with Crippen LogP contribution in [0.15, 0.2) is 24.3 Å². The number of ether oxygens (including phenoxy) is 2. The Kier molecular flexibility index (Phi) is 5.83. The lowest BCUT2D eigenvalue weighted by atomic mass is 9.95. The first-order valence-corrected chi connectivity index (χ1v) is 6.77. The minimum atomic E-state index is -0.122. The first kappa shape index (κ1) is 15.2. The first-order valence-electron chi connectivity index (χ1n) is 6.77. The molecule has 0 N–H and O–H groups in total. The summed E-state index contributed by atoms with van der Waals surface area (Å²) in [4.78, 5) is 0. The van der Waals surface area contributed by atoms with Gasteiger partial charge in [-0.05, 0) is 45.7 Å². The normalized spacial score (nSPS) is 12.1. The highest BCUT2D eigenvalue weighted by Gasteiger charge is 2.19. The summed E-state index contributed by atoms with van der Waals surface area (Å²) < 4.78 is 11.5. The van der Waals surface area contributed by atoms with Crippen LogP contribution in [0.4, 0.5) is 0 Å². The topological polar surface area (TPSA) is 18.5 Å². The van der Waals surface area contributed by atoms with Crippen molar-refractivity contribution in [3.8, 4) is 0 Å². The molecule has 0 bridgehead atoms. The van der Waals surface area contributed by atoms with Gasteiger partial charge in [0.15, 0.2) is 0 Å². The van der Waals surface area contributed by atoms with Crippen LogP contribution in [0.25, 0.3) is 0 Å². The van der Waals surface area contributed by atoms with Gasteiger partial charge in [-0.25, -0.2) is 0 Å². The zero-order chi connectivity index (χ0) is 13.6. The quantitative estimate of drug-likeness (QED) is 0.729. The standard InChI is InChI=1S/C16H26O2/c1-6-18-16(4,5)11-14-9-7-8-10-15(14)12-17-13(2)3/h7-10,13H,6,11-12H2,1-5H3. The van der Waals surface area contributed by atoms with Crippen molar-refractivity contribution in [2.24, 2.45) is 0 Å². The Balaban J connectivity index is 2.75.